The topological polar surface area (TPSA) is 102 Å². The maximum absolute atomic E-state index is 15.1. The molecule has 5 aromatic rings. The Bertz CT molecular complexity index is 1750. The van der Waals surface area contributed by atoms with Gasteiger partial charge in [-0.1, -0.05) is 30.2 Å². The van der Waals surface area contributed by atoms with Crippen LogP contribution in [0.25, 0.3) is 28.0 Å². The van der Waals surface area contributed by atoms with E-state index in [1.807, 2.05) is 36.7 Å². The maximum Gasteiger partial charge on any atom is 0.354 e. The van der Waals surface area contributed by atoms with Crippen LogP contribution < -0.4 is 16.7 Å². The van der Waals surface area contributed by atoms with Gasteiger partial charge in [0, 0.05) is 53.3 Å². The van der Waals surface area contributed by atoms with Crippen LogP contribution in [0.15, 0.2) is 65.0 Å². The van der Waals surface area contributed by atoms with Gasteiger partial charge in [0.05, 0.1) is 21.4 Å². The van der Waals surface area contributed by atoms with Crippen molar-refractivity contribution in [2.24, 2.45) is 5.73 Å². The molecule has 1 fully saturated rings. The highest BCUT2D eigenvalue weighted by Gasteiger charge is 2.22. The fourth-order valence-electron chi connectivity index (χ4n) is 5.99. The van der Waals surface area contributed by atoms with E-state index in [-0.39, 0.29) is 17.1 Å². The third-order valence-electron chi connectivity index (χ3n) is 8.26. The van der Waals surface area contributed by atoms with Crippen molar-refractivity contribution in [1.82, 2.24) is 24.8 Å². The first-order chi connectivity index (χ1) is 20.8. The number of hydrogen-bond donors (Lipinski definition) is 3. The van der Waals surface area contributed by atoms with Crippen LogP contribution in [0.3, 0.4) is 0 Å². The molecule has 0 radical (unpaired) electrons. The fraction of sp³-hybridized carbons (Fsp3) is 0.364. The second-order valence-electron chi connectivity index (χ2n) is 11.6. The molecule has 1 aliphatic rings. The molecule has 1 aliphatic heterocycles. The van der Waals surface area contributed by atoms with Crippen LogP contribution in [-0.2, 0) is 12.8 Å². The Balaban J connectivity index is 1.20. The van der Waals surface area contributed by atoms with Crippen molar-refractivity contribution in [3.05, 3.63) is 97.7 Å². The molecule has 3 atom stereocenters. The Labute approximate surface area is 259 Å². The lowest BCUT2D eigenvalue weighted by atomic mass is 9.91. The minimum absolute atomic E-state index is 0.0675. The number of aromatic nitrogens is 4. The van der Waals surface area contributed by atoms with Gasteiger partial charge in [-0.05, 0) is 86.9 Å². The largest absolute Gasteiger partial charge is 0.354 e. The summed E-state index contributed by atoms with van der Waals surface area (Å²) in [4.78, 5) is 24.8. The number of nitrogens with two attached hydrogens (primary N) is 1. The molecule has 43 heavy (non-hydrogen) atoms. The zero-order valence-electron chi connectivity index (χ0n) is 24.2. The number of benzene rings is 2. The van der Waals surface area contributed by atoms with Gasteiger partial charge in [-0.2, -0.15) is 4.98 Å². The third kappa shape index (κ3) is 6.91. The molecular weight excluding hydrogens is 583 g/mol. The number of halogens is 2. The van der Waals surface area contributed by atoms with Gasteiger partial charge in [0.15, 0.2) is 5.82 Å². The molecule has 2 aromatic carbocycles. The van der Waals surface area contributed by atoms with Crippen molar-refractivity contribution < 1.29 is 4.39 Å². The molecule has 0 spiro atoms. The average molecular weight is 619 g/mol. The highest BCUT2D eigenvalue weighted by Crippen LogP contribution is 2.32. The fourth-order valence-corrected chi connectivity index (χ4v) is 6.87. The quantitative estimate of drug-likeness (QED) is 0.155. The summed E-state index contributed by atoms with van der Waals surface area (Å²) >= 11 is 7.98. The monoisotopic (exact) mass is 618 g/mol. The smallest absolute Gasteiger partial charge is 0.339 e. The van der Waals surface area contributed by atoms with Crippen molar-refractivity contribution in [2.75, 3.05) is 0 Å². The van der Waals surface area contributed by atoms with Gasteiger partial charge >= 0.3 is 5.69 Å². The Hall–Kier alpha value is -3.37. The van der Waals surface area contributed by atoms with Gasteiger partial charge in [-0.3, -0.25) is 4.57 Å². The number of H-pyrrole nitrogens is 1. The summed E-state index contributed by atoms with van der Waals surface area (Å²) in [6, 6.07) is 14.2. The van der Waals surface area contributed by atoms with Gasteiger partial charge in [0.2, 0.25) is 0 Å². The number of nitrogens with one attached hydrogen (secondary N) is 2. The number of aromatic amines is 1. The highest BCUT2D eigenvalue weighted by atomic mass is 35.5. The van der Waals surface area contributed by atoms with E-state index in [1.54, 1.807) is 29.7 Å². The summed E-state index contributed by atoms with van der Waals surface area (Å²) in [5.74, 6) is -0.503. The molecule has 224 valence electrons. The van der Waals surface area contributed by atoms with Crippen molar-refractivity contribution in [3.8, 4) is 16.9 Å². The zero-order chi connectivity index (χ0) is 29.9. The second kappa shape index (κ2) is 13.1. The van der Waals surface area contributed by atoms with Crippen molar-refractivity contribution in [1.29, 1.82) is 0 Å². The van der Waals surface area contributed by atoms with Crippen molar-refractivity contribution >= 4 is 34.0 Å². The van der Waals surface area contributed by atoms with Crippen molar-refractivity contribution in [3.63, 3.8) is 0 Å². The van der Waals surface area contributed by atoms with E-state index in [2.05, 4.69) is 32.4 Å². The summed E-state index contributed by atoms with van der Waals surface area (Å²) in [6.45, 7) is 1.97. The molecule has 1 saturated heterocycles. The lowest BCUT2D eigenvalue weighted by Crippen LogP contribution is -2.37. The summed E-state index contributed by atoms with van der Waals surface area (Å²) in [5, 5.41) is 7.81. The van der Waals surface area contributed by atoms with E-state index in [0.717, 1.165) is 49.8 Å². The molecule has 3 aromatic heterocycles. The first-order valence-corrected chi connectivity index (χ1v) is 16.2. The van der Waals surface area contributed by atoms with Crippen LogP contribution in [0, 0.1) is 5.82 Å². The maximum atomic E-state index is 15.1. The number of rotatable bonds is 10. The van der Waals surface area contributed by atoms with E-state index in [4.69, 9.17) is 17.3 Å². The molecule has 4 N–H and O–H groups in total. The summed E-state index contributed by atoms with van der Waals surface area (Å²) in [5.41, 5.74) is 9.63. The Morgan fingerprint density at radius 3 is 2.79 bits per heavy atom. The van der Waals surface area contributed by atoms with E-state index in [9.17, 15) is 4.79 Å². The second-order valence-corrected chi connectivity index (χ2v) is 13.0. The molecule has 7 nitrogen and oxygen atoms in total. The van der Waals surface area contributed by atoms with E-state index >= 15 is 4.39 Å². The van der Waals surface area contributed by atoms with Gasteiger partial charge in [-0.25, -0.2) is 14.2 Å². The number of piperidine rings is 1. The first-order valence-electron chi connectivity index (χ1n) is 14.9. The Morgan fingerprint density at radius 1 is 1.19 bits per heavy atom. The normalized spacial score (nSPS) is 17.9. The number of thiazole rings is 1. The molecule has 0 bridgehead atoms. The number of aryl methyl sites for hydroxylation is 2. The average Bonchev–Trinajstić information content (AvgIpc) is 3.67. The van der Waals surface area contributed by atoms with Crippen LogP contribution in [0.1, 0.15) is 67.6 Å². The van der Waals surface area contributed by atoms with E-state index in [0.29, 0.717) is 28.3 Å². The van der Waals surface area contributed by atoms with Crippen LogP contribution in [0.2, 0.25) is 5.02 Å². The number of hydrogen-bond acceptors (Lipinski definition) is 6. The molecule has 0 amide bonds. The summed E-state index contributed by atoms with van der Waals surface area (Å²) in [7, 11) is 0. The van der Waals surface area contributed by atoms with Crippen LogP contribution in [-0.4, -0.2) is 31.6 Å². The zero-order valence-corrected chi connectivity index (χ0v) is 25.7. The van der Waals surface area contributed by atoms with E-state index in [1.165, 1.54) is 28.0 Å². The third-order valence-corrected chi connectivity index (χ3v) is 9.37. The lowest BCUT2D eigenvalue weighted by molar-refractivity contribution is 0.312. The molecule has 0 saturated carbocycles. The molecular formula is C33H36ClFN6OS. The molecule has 0 aliphatic carbocycles. The Kier molecular flexibility index (Phi) is 9.04. The predicted molar refractivity (Wildman–Crippen MR) is 173 cm³/mol. The SMILES string of the molecule is C[C@H](N)CCCc1cc(Cl)c(F)c(-c2cc3cn(-c4ccc([C@@H]5CCC[C@@H](CCc6nccs6)N5)cc4)c(=O)nc3[nH]2)c1. The number of fused-ring (bicyclic) bond motifs is 1. The Morgan fingerprint density at radius 2 is 2.02 bits per heavy atom. The van der Waals surface area contributed by atoms with Crippen LogP contribution in [0.4, 0.5) is 4.39 Å². The van der Waals surface area contributed by atoms with Gasteiger partial charge in [0.1, 0.15) is 5.65 Å². The van der Waals surface area contributed by atoms with Crippen molar-refractivity contribution in [2.45, 2.75) is 76.4 Å². The van der Waals surface area contributed by atoms with Crippen LogP contribution >= 0.6 is 22.9 Å². The summed E-state index contributed by atoms with van der Waals surface area (Å²) < 4.78 is 16.7. The van der Waals surface area contributed by atoms with Crippen LogP contribution in [0.5, 0.6) is 0 Å². The van der Waals surface area contributed by atoms with Gasteiger partial charge in [-0.15, -0.1) is 11.3 Å². The van der Waals surface area contributed by atoms with Gasteiger partial charge in [0.25, 0.3) is 0 Å². The first kappa shape index (κ1) is 29.7. The predicted octanol–water partition coefficient (Wildman–Crippen LogP) is 7.12. The van der Waals surface area contributed by atoms with Gasteiger partial charge < -0.3 is 16.0 Å². The molecule has 6 rings (SSSR count). The lowest BCUT2D eigenvalue weighted by Gasteiger charge is -2.31. The number of nitrogens with zero attached hydrogens (tertiary/aromatic N) is 3. The minimum Gasteiger partial charge on any atom is -0.339 e. The molecule has 0 unspecified atom stereocenters. The summed E-state index contributed by atoms with van der Waals surface area (Å²) in [6.07, 6.45) is 11.6. The highest BCUT2D eigenvalue weighted by molar-refractivity contribution is 7.09. The molecule has 10 heteroatoms. The molecule has 4 heterocycles. The minimum atomic E-state index is -0.503. The standard InChI is InChI=1S/C33H36ClFN6OS/c1-20(36)4-2-5-21-16-26(31(35)27(34)17-21)29-18-23-19-41(33(42)40-32(23)39-29)25-11-8-22(9-12-25)28-7-3-6-24(38-28)10-13-30-37-14-15-43-30/h8-9,11-12,14-20,24,28,38H,2-7,10,13,36H2,1H3,(H,39,40,42)/t20-,24-,28-/m0/s1. The van der Waals surface area contributed by atoms with E-state index < -0.39 is 11.5 Å².